The zero-order chi connectivity index (χ0) is 19.0. The number of benzene rings is 1. The lowest BCUT2D eigenvalue weighted by molar-refractivity contribution is -0.595. The second kappa shape index (κ2) is 8.69. The summed E-state index contributed by atoms with van der Waals surface area (Å²) in [4.78, 5) is 0. The molecule has 0 aliphatic heterocycles. The molecule has 0 saturated heterocycles. The summed E-state index contributed by atoms with van der Waals surface area (Å²) in [6.45, 7) is 9.19. The predicted octanol–water partition coefficient (Wildman–Crippen LogP) is 3.51. The van der Waals surface area contributed by atoms with Crippen molar-refractivity contribution in [3.05, 3.63) is 65.7 Å². The van der Waals surface area contributed by atoms with Gasteiger partial charge in [0.05, 0.1) is 0 Å². The average Bonchev–Trinajstić information content (AvgIpc) is 3.12. The number of hydrogen-bond donors (Lipinski definition) is 0. The third-order valence-corrected chi connectivity index (χ3v) is 6.23. The van der Waals surface area contributed by atoms with Gasteiger partial charge in [-0.2, -0.15) is 4.40 Å². The molecule has 2 heterocycles. The molecule has 1 aliphatic rings. The molecule has 0 spiro atoms. The minimum atomic E-state index is 0. The number of imidazole rings is 1. The van der Waals surface area contributed by atoms with Crippen LogP contribution in [0.1, 0.15) is 94.4 Å². The molecule has 28 heavy (non-hydrogen) atoms. The maximum absolute atomic E-state index is 2.44. The molecular formula is C25H33ClN2. The van der Waals surface area contributed by atoms with Gasteiger partial charge in [-0.15, -0.1) is 0 Å². The van der Waals surface area contributed by atoms with Crippen molar-refractivity contribution in [1.82, 2.24) is 4.40 Å². The molecule has 0 radical (unpaired) electrons. The average molecular weight is 397 g/mol. The third-order valence-electron chi connectivity index (χ3n) is 6.23. The van der Waals surface area contributed by atoms with Crippen molar-refractivity contribution in [3.8, 4) is 5.69 Å². The molecule has 0 bridgehead atoms. The molecule has 3 aromatic rings. The van der Waals surface area contributed by atoms with Crippen molar-refractivity contribution in [2.75, 3.05) is 0 Å². The molecule has 3 heteroatoms. The Bertz CT molecular complexity index is 907. The van der Waals surface area contributed by atoms with Crippen LogP contribution in [0.15, 0.2) is 48.9 Å². The van der Waals surface area contributed by atoms with Gasteiger partial charge >= 0.3 is 0 Å². The van der Waals surface area contributed by atoms with E-state index in [2.05, 4.69) is 85.6 Å². The van der Waals surface area contributed by atoms with Crippen LogP contribution in [0.25, 0.3) is 11.2 Å². The highest BCUT2D eigenvalue weighted by Crippen LogP contribution is 2.33. The fraction of sp³-hybridized carbons (Fsp3) is 0.480. The van der Waals surface area contributed by atoms with E-state index in [-0.39, 0.29) is 12.4 Å². The topological polar surface area (TPSA) is 8.29 Å². The first-order valence-electron chi connectivity index (χ1n) is 10.7. The summed E-state index contributed by atoms with van der Waals surface area (Å²) in [5.41, 5.74) is 7.02. The normalized spacial score (nSPS) is 15.4. The number of rotatable bonds is 4. The number of nitrogens with zero attached hydrogens (tertiary/aromatic N) is 2. The van der Waals surface area contributed by atoms with Crippen LogP contribution in [-0.2, 0) is 0 Å². The second-order valence-corrected chi connectivity index (χ2v) is 8.83. The molecule has 2 nitrogen and oxygen atoms in total. The van der Waals surface area contributed by atoms with Gasteiger partial charge in [0.2, 0.25) is 0 Å². The number of para-hydroxylation sites is 1. The van der Waals surface area contributed by atoms with Gasteiger partial charge < -0.3 is 12.4 Å². The van der Waals surface area contributed by atoms with Gasteiger partial charge in [-0.3, -0.25) is 0 Å². The molecule has 0 N–H and O–H groups in total. The number of pyridine rings is 1. The molecule has 1 saturated carbocycles. The van der Waals surface area contributed by atoms with E-state index in [0.717, 1.165) is 0 Å². The van der Waals surface area contributed by atoms with Crippen molar-refractivity contribution in [2.45, 2.75) is 77.6 Å². The molecule has 1 aromatic carbocycles. The maximum Gasteiger partial charge on any atom is 0.254 e. The van der Waals surface area contributed by atoms with Crippen LogP contribution in [0.5, 0.6) is 0 Å². The Morgan fingerprint density at radius 3 is 2.07 bits per heavy atom. The van der Waals surface area contributed by atoms with E-state index >= 15 is 0 Å². The SMILES string of the molecule is CC(C)c1cccc(C(C)C)c1-[n+]1cc2cccc(C3CCCCC3)n2c1.[Cl-]. The summed E-state index contributed by atoms with van der Waals surface area (Å²) < 4.78 is 4.82. The number of halogens is 1. The van der Waals surface area contributed by atoms with E-state index in [1.54, 1.807) is 0 Å². The minimum Gasteiger partial charge on any atom is -1.00 e. The Labute approximate surface area is 176 Å². The van der Waals surface area contributed by atoms with E-state index in [0.29, 0.717) is 17.8 Å². The van der Waals surface area contributed by atoms with Crippen molar-refractivity contribution < 1.29 is 17.0 Å². The summed E-state index contributed by atoms with van der Waals surface area (Å²) in [5, 5.41) is 0. The minimum absolute atomic E-state index is 0. The molecule has 1 fully saturated rings. The molecule has 0 atom stereocenters. The van der Waals surface area contributed by atoms with Gasteiger partial charge in [0.15, 0.2) is 5.52 Å². The van der Waals surface area contributed by atoms with Crippen LogP contribution in [0.2, 0.25) is 0 Å². The van der Waals surface area contributed by atoms with Crippen molar-refractivity contribution in [3.63, 3.8) is 0 Å². The number of aromatic nitrogens is 2. The lowest BCUT2D eigenvalue weighted by atomic mass is 9.86. The predicted molar refractivity (Wildman–Crippen MR) is 113 cm³/mol. The fourth-order valence-electron chi connectivity index (χ4n) is 4.76. The molecule has 1 aliphatic carbocycles. The Morgan fingerprint density at radius 2 is 1.46 bits per heavy atom. The summed E-state index contributed by atoms with van der Waals surface area (Å²) in [6, 6.07) is 13.6. The quantitative estimate of drug-likeness (QED) is 0.596. The van der Waals surface area contributed by atoms with E-state index in [1.807, 2.05) is 0 Å². The van der Waals surface area contributed by atoms with E-state index in [1.165, 1.54) is 60.1 Å². The monoisotopic (exact) mass is 396 g/mol. The van der Waals surface area contributed by atoms with Crippen LogP contribution < -0.4 is 17.0 Å². The summed E-state index contributed by atoms with van der Waals surface area (Å²) >= 11 is 0. The van der Waals surface area contributed by atoms with Crippen LogP contribution in [0, 0.1) is 0 Å². The molecule has 2 aromatic heterocycles. The molecule has 0 amide bonds. The van der Waals surface area contributed by atoms with E-state index in [9.17, 15) is 0 Å². The number of hydrogen-bond acceptors (Lipinski definition) is 0. The summed E-state index contributed by atoms with van der Waals surface area (Å²) in [6.07, 6.45) is 11.4. The zero-order valence-electron chi connectivity index (χ0n) is 17.7. The van der Waals surface area contributed by atoms with Gasteiger partial charge in [-0.05, 0) is 36.8 Å². The van der Waals surface area contributed by atoms with Gasteiger partial charge in [-0.25, -0.2) is 4.57 Å². The lowest BCUT2D eigenvalue weighted by Gasteiger charge is -2.20. The molecule has 0 unspecified atom stereocenters. The second-order valence-electron chi connectivity index (χ2n) is 8.83. The third kappa shape index (κ3) is 3.85. The van der Waals surface area contributed by atoms with Crippen molar-refractivity contribution >= 4 is 5.52 Å². The van der Waals surface area contributed by atoms with Crippen molar-refractivity contribution in [2.24, 2.45) is 0 Å². The highest BCUT2D eigenvalue weighted by Gasteiger charge is 2.24. The summed E-state index contributed by atoms with van der Waals surface area (Å²) in [7, 11) is 0. The lowest BCUT2D eigenvalue weighted by Crippen LogP contribution is -3.00. The molecular weight excluding hydrogens is 364 g/mol. The molecule has 150 valence electrons. The zero-order valence-corrected chi connectivity index (χ0v) is 18.4. The Morgan fingerprint density at radius 1 is 0.857 bits per heavy atom. The van der Waals surface area contributed by atoms with E-state index < -0.39 is 0 Å². The van der Waals surface area contributed by atoms with Gasteiger partial charge in [-0.1, -0.05) is 71.2 Å². The highest BCUT2D eigenvalue weighted by molar-refractivity contribution is 5.49. The first-order chi connectivity index (χ1) is 13.1. The van der Waals surface area contributed by atoms with Crippen LogP contribution in [0.3, 0.4) is 0 Å². The van der Waals surface area contributed by atoms with Gasteiger partial charge in [0, 0.05) is 17.0 Å². The van der Waals surface area contributed by atoms with Crippen molar-refractivity contribution in [1.29, 1.82) is 0 Å². The van der Waals surface area contributed by atoms with Crippen LogP contribution >= 0.6 is 0 Å². The first-order valence-corrected chi connectivity index (χ1v) is 10.7. The Hall–Kier alpha value is -1.80. The highest BCUT2D eigenvalue weighted by atomic mass is 35.5. The van der Waals surface area contributed by atoms with E-state index in [4.69, 9.17) is 0 Å². The largest absolute Gasteiger partial charge is 1.00 e. The number of fused-ring (bicyclic) bond motifs is 1. The Kier molecular flexibility index (Phi) is 6.50. The molecule has 4 rings (SSSR count). The standard InChI is InChI=1S/C25H33N2.ClH/c1-18(2)22-13-9-14-23(19(3)4)25(22)26-16-21-12-8-15-24(27(21)17-26)20-10-6-5-7-11-20;/h8-9,12-20H,5-7,10-11H2,1-4H3;1H/q+1;/p-1. The Balaban J connectivity index is 0.00000225. The van der Waals surface area contributed by atoms with Crippen LogP contribution in [-0.4, -0.2) is 4.40 Å². The fourth-order valence-corrected chi connectivity index (χ4v) is 4.76. The van der Waals surface area contributed by atoms with Gasteiger partial charge in [0.25, 0.3) is 6.33 Å². The first kappa shape index (κ1) is 20.9. The van der Waals surface area contributed by atoms with Gasteiger partial charge in [0.1, 0.15) is 17.6 Å². The summed E-state index contributed by atoms with van der Waals surface area (Å²) in [5.74, 6) is 1.72. The smallest absolute Gasteiger partial charge is 0.254 e. The van der Waals surface area contributed by atoms with Crippen LogP contribution in [0.4, 0.5) is 0 Å². The maximum atomic E-state index is 2.44.